The van der Waals surface area contributed by atoms with Crippen molar-refractivity contribution < 1.29 is 19.7 Å². The third-order valence-corrected chi connectivity index (χ3v) is 4.14. The molecule has 0 rings (SSSR count). The molecule has 152 valence electrons. The van der Waals surface area contributed by atoms with E-state index in [2.05, 4.69) is 39.5 Å². The van der Waals surface area contributed by atoms with Crippen LogP contribution in [0.15, 0.2) is 0 Å². The normalized spacial score (nSPS) is 14.4. The van der Waals surface area contributed by atoms with Gasteiger partial charge in [0.25, 0.3) is 0 Å². The molecule has 0 aromatic carbocycles. The number of ether oxygens (including phenoxy) is 2. The van der Waals surface area contributed by atoms with Gasteiger partial charge in [0.1, 0.15) is 0 Å². The summed E-state index contributed by atoms with van der Waals surface area (Å²) in [6.45, 7) is 21.0. The van der Waals surface area contributed by atoms with Crippen LogP contribution in [-0.4, -0.2) is 70.4 Å². The fourth-order valence-electron chi connectivity index (χ4n) is 2.17. The van der Waals surface area contributed by atoms with Gasteiger partial charge in [0.2, 0.25) is 0 Å². The molecule has 0 bridgehead atoms. The van der Waals surface area contributed by atoms with Crippen molar-refractivity contribution in [1.29, 1.82) is 0 Å². The molecular weight excluding hydrogens is 318 g/mol. The van der Waals surface area contributed by atoms with Gasteiger partial charge in [-0.2, -0.15) is 0 Å². The van der Waals surface area contributed by atoms with Crippen molar-refractivity contribution in [2.45, 2.75) is 97.6 Å². The average Bonchev–Trinajstić information content (AvgIpc) is 2.42. The Hall–Kier alpha value is -0.200. The van der Waals surface area contributed by atoms with Gasteiger partial charge < -0.3 is 24.6 Å². The Kier molecular flexibility index (Phi) is 9.58. The maximum Gasteiger partial charge on any atom is 0.0824 e. The zero-order valence-corrected chi connectivity index (χ0v) is 18.1. The van der Waals surface area contributed by atoms with Crippen LogP contribution in [0.25, 0.3) is 0 Å². The second-order valence-corrected chi connectivity index (χ2v) is 9.66. The molecule has 0 aliphatic carbocycles. The summed E-state index contributed by atoms with van der Waals surface area (Å²) in [7, 11) is 0. The van der Waals surface area contributed by atoms with Gasteiger partial charge in [-0.1, -0.05) is 6.92 Å². The Morgan fingerprint density at radius 3 is 1.24 bits per heavy atom. The summed E-state index contributed by atoms with van der Waals surface area (Å²) in [5.41, 5.74) is -2.13. The third-order valence-electron chi connectivity index (χ3n) is 4.14. The molecule has 25 heavy (non-hydrogen) atoms. The highest BCUT2D eigenvalue weighted by Gasteiger charge is 2.26. The number of aliphatic hydroxyl groups is 2. The Balaban J connectivity index is 4.33. The highest BCUT2D eigenvalue weighted by molar-refractivity contribution is 4.77. The fourth-order valence-corrected chi connectivity index (χ4v) is 2.17. The smallest absolute Gasteiger partial charge is 0.0824 e. The molecule has 0 unspecified atom stereocenters. The predicted octanol–water partition coefficient (Wildman–Crippen LogP) is 3.22. The summed E-state index contributed by atoms with van der Waals surface area (Å²) in [5.74, 6) is 0. The summed E-state index contributed by atoms with van der Waals surface area (Å²) in [5, 5.41) is 19.6. The van der Waals surface area contributed by atoms with Crippen LogP contribution in [0.3, 0.4) is 0 Å². The molecule has 0 spiro atoms. The van der Waals surface area contributed by atoms with Crippen LogP contribution in [0.4, 0.5) is 0 Å². The third kappa shape index (κ3) is 14.6. The summed E-state index contributed by atoms with van der Waals surface area (Å²) in [6, 6.07) is 0. The zero-order chi connectivity index (χ0) is 19.9. The number of hydrogen-bond acceptors (Lipinski definition) is 5. The van der Waals surface area contributed by atoms with E-state index < -0.39 is 11.2 Å². The molecule has 0 radical (unpaired) electrons. The average molecular weight is 362 g/mol. The van der Waals surface area contributed by atoms with Crippen molar-refractivity contribution in [2.75, 3.05) is 32.8 Å². The maximum atomic E-state index is 9.82. The van der Waals surface area contributed by atoms with Gasteiger partial charge in [-0.3, -0.25) is 0 Å². The topological polar surface area (TPSA) is 62.2 Å². The first kappa shape index (κ1) is 24.8. The van der Waals surface area contributed by atoms with Crippen LogP contribution < -0.4 is 0 Å². The first-order valence-corrected chi connectivity index (χ1v) is 9.50. The van der Waals surface area contributed by atoms with Crippen molar-refractivity contribution in [3.63, 3.8) is 0 Å². The van der Waals surface area contributed by atoms with E-state index >= 15 is 0 Å². The molecule has 0 amide bonds. The highest BCUT2D eigenvalue weighted by atomic mass is 16.5. The minimum Gasteiger partial charge on any atom is -0.388 e. The van der Waals surface area contributed by atoms with E-state index in [9.17, 15) is 10.2 Å². The van der Waals surface area contributed by atoms with E-state index in [-0.39, 0.29) is 11.2 Å². The summed E-state index contributed by atoms with van der Waals surface area (Å²) in [6.07, 6.45) is 1.81. The Bertz CT molecular complexity index is 333. The van der Waals surface area contributed by atoms with Crippen molar-refractivity contribution in [2.24, 2.45) is 0 Å². The molecule has 5 nitrogen and oxygen atoms in total. The molecular formula is C20H43NO4. The summed E-state index contributed by atoms with van der Waals surface area (Å²) >= 11 is 0. The SMILES string of the molecule is CCN(CCC(C)(C)OCC(C)(C)O)CCC(C)(C)OCC(C)(C)O. The molecule has 2 N–H and O–H groups in total. The number of nitrogens with zero attached hydrogens (tertiary/aromatic N) is 1. The molecule has 0 aliphatic heterocycles. The van der Waals surface area contributed by atoms with Crippen LogP contribution in [0.2, 0.25) is 0 Å². The van der Waals surface area contributed by atoms with Crippen LogP contribution >= 0.6 is 0 Å². The lowest BCUT2D eigenvalue weighted by molar-refractivity contribution is -0.101. The first-order chi connectivity index (χ1) is 11.1. The van der Waals surface area contributed by atoms with Crippen molar-refractivity contribution in [3.05, 3.63) is 0 Å². The lowest BCUT2D eigenvalue weighted by Crippen LogP contribution is -2.40. The summed E-state index contributed by atoms with van der Waals surface area (Å²) in [4.78, 5) is 2.39. The maximum absolute atomic E-state index is 9.82. The second kappa shape index (κ2) is 9.65. The molecule has 0 atom stereocenters. The molecule has 0 saturated heterocycles. The quantitative estimate of drug-likeness (QED) is 0.527. The lowest BCUT2D eigenvalue weighted by atomic mass is 10.0. The molecule has 0 fully saturated rings. The molecule has 5 heteroatoms. The van der Waals surface area contributed by atoms with Gasteiger partial charge in [0, 0.05) is 13.1 Å². The van der Waals surface area contributed by atoms with E-state index in [1.165, 1.54) is 0 Å². The molecule has 0 heterocycles. The first-order valence-electron chi connectivity index (χ1n) is 9.50. The van der Waals surface area contributed by atoms with Crippen molar-refractivity contribution in [3.8, 4) is 0 Å². The van der Waals surface area contributed by atoms with Crippen LogP contribution in [0, 0.1) is 0 Å². The van der Waals surface area contributed by atoms with Gasteiger partial charge in [-0.05, 0) is 74.8 Å². The second-order valence-electron chi connectivity index (χ2n) is 9.66. The van der Waals surface area contributed by atoms with Gasteiger partial charge in [-0.15, -0.1) is 0 Å². The number of hydrogen-bond donors (Lipinski definition) is 2. The van der Waals surface area contributed by atoms with Gasteiger partial charge in [-0.25, -0.2) is 0 Å². The number of rotatable bonds is 13. The zero-order valence-electron chi connectivity index (χ0n) is 18.1. The highest BCUT2D eigenvalue weighted by Crippen LogP contribution is 2.20. The summed E-state index contributed by atoms with van der Waals surface area (Å²) < 4.78 is 11.8. The van der Waals surface area contributed by atoms with E-state index in [4.69, 9.17) is 9.47 Å². The molecule has 0 aromatic rings. The molecule has 0 aliphatic rings. The largest absolute Gasteiger partial charge is 0.388 e. The Morgan fingerprint density at radius 1 is 0.680 bits per heavy atom. The lowest BCUT2D eigenvalue weighted by Gasteiger charge is -2.34. The van der Waals surface area contributed by atoms with Gasteiger partial charge >= 0.3 is 0 Å². The Morgan fingerprint density at radius 2 is 1.00 bits per heavy atom. The van der Waals surface area contributed by atoms with Crippen molar-refractivity contribution in [1.82, 2.24) is 4.90 Å². The minimum atomic E-state index is -0.802. The van der Waals surface area contributed by atoms with Crippen LogP contribution in [0.1, 0.15) is 75.2 Å². The van der Waals surface area contributed by atoms with Crippen molar-refractivity contribution >= 4 is 0 Å². The molecule has 0 saturated carbocycles. The minimum absolute atomic E-state index is 0.264. The Labute approximate surface area is 155 Å². The monoisotopic (exact) mass is 361 g/mol. The van der Waals surface area contributed by atoms with E-state index in [0.717, 1.165) is 32.5 Å². The fraction of sp³-hybridized carbons (Fsp3) is 1.00. The standard InChI is InChI=1S/C20H43NO4/c1-10-21(13-11-19(6,7)24-15-17(2,3)22)14-12-20(8,9)25-16-18(4,5)23/h22-23H,10-16H2,1-9H3. The van der Waals surface area contributed by atoms with Gasteiger partial charge in [0.15, 0.2) is 0 Å². The van der Waals surface area contributed by atoms with E-state index in [0.29, 0.717) is 13.2 Å². The van der Waals surface area contributed by atoms with Crippen LogP contribution in [-0.2, 0) is 9.47 Å². The van der Waals surface area contributed by atoms with Gasteiger partial charge in [0.05, 0.1) is 35.6 Å². The predicted molar refractivity (Wildman–Crippen MR) is 104 cm³/mol. The van der Waals surface area contributed by atoms with E-state index in [1.54, 1.807) is 27.7 Å². The van der Waals surface area contributed by atoms with Crippen LogP contribution in [0.5, 0.6) is 0 Å². The molecule has 0 aromatic heterocycles. The van der Waals surface area contributed by atoms with E-state index in [1.807, 2.05) is 0 Å².